The Morgan fingerprint density at radius 1 is 1.26 bits per heavy atom. The van der Waals surface area contributed by atoms with Crippen molar-refractivity contribution in [3.63, 3.8) is 0 Å². The summed E-state index contributed by atoms with van der Waals surface area (Å²) in [5.74, 6) is -0.262. The molecule has 1 aromatic carbocycles. The van der Waals surface area contributed by atoms with Crippen LogP contribution in [0.25, 0.3) is 10.9 Å². The van der Waals surface area contributed by atoms with E-state index in [0.717, 1.165) is 35.0 Å². The smallest absolute Gasteiger partial charge is 0.340 e. The summed E-state index contributed by atoms with van der Waals surface area (Å²) >= 11 is 0. The van der Waals surface area contributed by atoms with Gasteiger partial charge in [0.2, 0.25) is 0 Å². The Morgan fingerprint density at radius 2 is 2.00 bits per heavy atom. The summed E-state index contributed by atoms with van der Waals surface area (Å²) in [5.41, 5.74) is 3.39. The average molecular weight is 257 g/mol. The number of carbonyl (C=O) groups excluding carboxylic acids is 1. The number of pyridine rings is 1. The van der Waals surface area contributed by atoms with E-state index < -0.39 is 0 Å². The Morgan fingerprint density at radius 3 is 2.68 bits per heavy atom. The minimum Gasteiger partial charge on any atom is -0.462 e. The highest BCUT2D eigenvalue weighted by molar-refractivity contribution is 5.98. The third kappa shape index (κ3) is 2.60. The van der Waals surface area contributed by atoms with E-state index in [1.54, 1.807) is 0 Å². The van der Waals surface area contributed by atoms with Gasteiger partial charge in [-0.2, -0.15) is 0 Å². The summed E-state index contributed by atoms with van der Waals surface area (Å²) in [6.45, 7) is 6.26. The number of carbonyl (C=O) groups is 1. The lowest BCUT2D eigenvalue weighted by Gasteiger charge is -2.13. The fourth-order valence-corrected chi connectivity index (χ4v) is 2.33. The molecule has 3 nitrogen and oxygen atoms in total. The first-order chi connectivity index (χ1) is 9.19. The molecule has 0 aliphatic rings. The van der Waals surface area contributed by atoms with Gasteiger partial charge >= 0.3 is 5.97 Å². The van der Waals surface area contributed by atoms with E-state index in [0.29, 0.717) is 12.2 Å². The van der Waals surface area contributed by atoms with Crippen molar-refractivity contribution in [2.45, 2.75) is 33.6 Å². The van der Waals surface area contributed by atoms with Crippen LogP contribution in [0.15, 0.2) is 24.3 Å². The molecule has 0 spiro atoms. The first kappa shape index (κ1) is 13.5. The fraction of sp³-hybridized carbons (Fsp3) is 0.375. The zero-order valence-electron chi connectivity index (χ0n) is 11.7. The number of aryl methyl sites for hydroxylation is 2. The maximum atomic E-state index is 12.1. The van der Waals surface area contributed by atoms with Crippen LogP contribution in [0.3, 0.4) is 0 Å². The first-order valence-electron chi connectivity index (χ1n) is 6.74. The minimum atomic E-state index is -0.262. The van der Waals surface area contributed by atoms with Gasteiger partial charge in [0.15, 0.2) is 0 Å². The Labute approximate surface area is 113 Å². The van der Waals surface area contributed by atoms with Gasteiger partial charge in [-0.15, -0.1) is 0 Å². The maximum absolute atomic E-state index is 12.1. The van der Waals surface area contributed by atoms with E-state index in [2.05, 4.69) is 11.9 Å². The Balaban J connectivity index is 2.67. The quantitative estimate of drug-likeness (QED) is 0.784. The highest BCUT2D eigenvalue weighted by Crippen LogP contribution is 2.24. The highest BCUT2D eigenvalue weighted by Gasteiger charge is 2.18. The van der Waals surface area contributed by atoms with Crippen LogP contribution in [0.5, 0.6) is 0 Å². The Bertz CT molecular complexity index is 605. The number of benzene rings is 1. The van der Waals surface area contributed by atoms with Crippen molar-refractivity contribution in [3.05, 3.63) is 41.1 Å². The lowest BCUT2D eigenvalue weighted by Crippen LogP contribution is -2.12. The molecule has 2 aromatic rings. The normalized spacial score (nSPS) is 10.7. The number of nitrogens with zero attached hydrogens (tertiary/aromatic N) is 1. The van der Waals surface area contributed by atoms with Gasteiger partial charge in [-0.3, -0.25) is 4.98 Å². The summed E-state index contributed by atoms with van der Waals surface area (Å²) in [5, 5.41) is 1.02. The Hall–Kier alpha value is -1.90. The van der Waals surface area contributed by atoms with Crippen LogP contribution < -0.4 is 0 Å². The number of rotatable bonds is 4. The molecule has 0 saturated heterocycles. The van der Waals surface area contributed by atoms with Crippen LogP contribution >= 0.6 is 0 Å². The van der Waals surface area contributed by atoms with Crippen LogP contribution in [0.2, 0.25) is 0 Å². The zero-order chi connectivity index (χ0) is 13.8. The van der Waals surface area contributed by atoms with E-state index in [1.165, 1.54) is 0 Å². The van der Waals surface area contributed by atoms with Gasteiger partial charge < -0.3 is 4.74 Å². The SMILES string of the molecule is CCCc1nc2ccccc2c(C)c1C(=O)OCC. The van der Waals surface area contributed by atoms with Crippen molar-refractivity contribution in [1.29, 1.82) is 0 Å². The van der Waals surface area contributed by atoms with Gasteiger partial charge in [0.25, 0.3) is 0 Å². The van der Waals surface area contributed by atoms with E-state index >= 15 is 0 Å². The third-order valence-electron chi connectivity index (χ3n) is 3.19. The molecule has 2 rings (SSSR count). The number of para-hydroxylation sites is 1. The van der Waals surface area contributed by atoms with Gasteiger partial charge in [0, 0.05) is 5.39 Å². The van der Waals surface area contributed by atoms with Gasteiger partial charge in [-0.1, -0.05) is 31.5 Å². The molecule has 0 atom stereocenters. The topological polar surface area (TPSA) is 39.2 Å². The van der Waals surface area contributed by atoms with Gasteiger partial charge in [0.05, 0.1) is 23.4 Å². The van der Waals surface area contributed by atoms with Crippen LogP contribution in [-0.4, -0.2) is 17.6 Å². The molecule has 1 heterocycles. The summed E-state index contributed by atoms with van der Waals surface area (Å²) in [4.78, 5) is 16.8. The summed E-state index contributed by atoms with van der Waals surface area (Å²) < 4.78 is 5.17. The molecule has 19 heavy (non-hydrogen) atoms. The van der Waals surface area contributed by atoms with E-state index in [-0.39, 0.29) is 5.97 Å². The van der Waals surface area contributed by atoms with E-state index in [4.69, 9.17) is 4.74 Å². The first-order valence-corrected chi connectivity index (χ1v) is 6.74. The molecule has 0 amide bonds. The third-order valence-corrected chi connectivity index (χ3v) is 3.19. The van der Waals surface area contributed by atoms with Gasteiger partial charge in [-0.25, -0.2) is 4.79 Å². The molecule has 0 fully saturated rings. The molecule has 0 N–H and O–H groups in total. The minimum absolute atomic E-state index is 0.262. The van der Waals surface area contributed by atoms with Crippen LogP contribution in [0.1, 0.15) is 41.9 Å². The Kier molecular flexibility index (Phi) is 4.15. The molecule has 0 bridgehead atoms. The lowest BCUT2D eigenvalue weighted by molar-refractivity contribution is 0.0524. The maximum Gasteiger partial charge on any atom is 0.340 e. The summed E-state index contributed by atoms with van der Waals surface area (Å²) in [6.07, 6.45) is 1.75. The molecule has 0 aliphatic carbocycles. The highest BCUT2D eigenvalue weighted by atomic mass is 16.5. The standard InChI is InChI=1S/C16H19NO2/c1-4-8-14-15(16(18)19-5-2)11(3)12-9-6-7-10-13(12)17-14/h6-7,9-10H,4-5,8H2,1-3H3. The second kappa shape index (κ2) is 5.83. The molecule has 0 unspecified atom stereocenters. The summed E-state index contributed by atoms with van der Waals surface area (Å²) in [6, 6.07) is 7.91. The molecule has 100 valence electrons. The number of hydrogen-bond donors (Lipinski definition) is 0. The van der Waals surface area contributed by atoms with Crippen LogP contribution in [-0.2, 0) is 11.2 Å². The number of esters is 1. The van der Waals surface area contributed by atoms with Crippen molar-refractivity contribution in [3.8, 4) is 0 Å². The number of aromatic nitrogens is 1. The molecular formula is C16H19NO2. The fourth-order valence-electron chi connectivity index (χ4n) is 2.33. The summed E-state index contributed by atoms with van der Waals surface area (Å²) in [7, 11) is 0. The number of hydrogen-bond acceptors (Lipinski definition) is 3. The van der Waals surface area contributed by atoms with E-state index in [9.17, 15) is 4.79 Å². The molecular weight excluding hydrogens is 238 g/mol. The second-order valence-electron chi connectivity index (χ2n) is 4.55. The van der Waals surface area contributed by atoms with Crippen molar-refractivity contribution in [2.75, 3.05) is 6.61 Å². The van der Waals surface area contributed by atoms with E-state index in [1.807, 2.05) is 38.1 Å². The predicted octanol–water partition coefficient (Wildman–Crippen LogP) is 3.67. The predicted molar refractivity (Wildman–Crippen MR) is 76.4 cm³/mol. The van der Waals surface area contributed by atoms with Crippen LogP contribution in [0, 0.1) is 6.92 Å². The zero-order valence-corrected chi connectivity index (χ0v) is 11.7. The molecule has 1 aromatic heterocycles. The number of ether oxygens (including phenoxy) is 1. The monoisotopic (exact) mass is 257 g/mol. The van der Waals surface area contributed by atoms with Crippen molar-refractivity contribution in [1.82, 2.24) is 4.98 Å². The van der Waals surface area contributed by atoms with Crippen molar-refractivity contribution >= 4 is 16.9 Å². The van der Waals surface area contributed by atoms with Gasteiger partial charge in [-0.05, 0) is 31.9 Å². The van der Waals surface area contributed by atoms with Gasteiger partial charge in [0.1, 0.15) is 0 Å². The molecule has 0 saturated carbocycles. The largest absolute Gasteiger partial charge is 0.462 e. The molecule has 3 heteroatoms. The van der Waals surface area contributed by atoms with Crippen molar-refractivity contribution in [2.24, 2.45) is 0 Å². The average Bonchev–Trinajstić information content (AvgIpc) is 2.39. The molecule has 0 aliphatic heterocycles. The second-order valence-corrected chi connectivity index (χ2v) is 4.55. The molecule has 0 radical (unpaired) electrons. The van der Waals surface area contributed by atoms with Crippen LogP contribution in [0.4, 0.5) is 0 Å². The van der Waals surface area contributed by atoms with Crippen molar-refractivity contribution < 1.29 is 9.53 Å². The lowest BCUT2D eigenvalue weighted by atomic mass is 9.99. The number of fused-ring (bicyclic) bond motifs is 1.